The van der Waals surface area contributed by atoms with E-state index in [2.05, 4.69) is 5.32 Å². The van der Waals surface area contributed by atoms with Crippen LogP contribution in [-0.2, 0) is 16.1 Å². The summed E-state index contributed by atoms with van der Waals surface area (Å²) in [7, 11) is 0. The van der Waals surface area contributed by atoms with Gasteiger partial charge in [-0.25, -0.2) is 0 Å². The number of rotatable bonds is 5. The van der Waals surface area contributed by atoms with Gasteiger partial charge in [0.2, 0.25) is 5.91 Å². The van der Waals surface area contributed by atoms with Gasteiger partial charge in [0, 0.05) is 13.1 Å². The first kappa shape index (κ1) is 15.5. The summed E-state index contributed by atoms with van der Waals surface area (Å²) in [5, 5.41) is 12.1. The Morgan fingerprint density at radius 2 is 2.05 bits per heavy atom. The average molecular weight is 290 g/mol. The minimum absolute atomic E-state index is 0.0616. The SMILES string of the molecule is CC1(C(=O)O)CCCN(CC(=O)NCc2ccccc2)C1. The zero-order valence-corrected chi connectivity index (χ0v) is 12.3. The quantitative estimate of drug-likeness (QED) is 0.862. The Bertz CT molecular complexity index is 504. The molecule has 1 aliphatic heterocycles. The molecule has 1 unspecified atom stereocenters. The minimum atomic E-state index is -0.781. The first-order valence-electron chi connectivity index (χ1n) is 7.26. The van der Waals surface area contributed by atoms with E-state index in [-0.39, 0.29) is 12.5 Å². The number of hydrogen-bond acceptors (Lipinski definition) is 3. The normalized spacial score (nSPS) is 22.7. The number of aliphatic carboxylic acids is 1. The Labute approximate surface area is 125 Å². The molecule has 0 radical (unpaired) electrons. The Balaban J connectivity index is 1.81. The van der Waals surface area contributed by atoms with Crippen LogP contribution < -0.4 is 5.32 Å². The van der Waals surface area contributed by atoms with Gasteiger partial charge in [0.15, 0.2) is 0 Å². The number of carbonyl (C=O) groups is 2. The van der Waals surface area contributed by atoms with Crippen molar-refractivity contribution in [1.82, 2.24) is 10.2 Å². The van der Waals surface area contributed by atoms with Crippen molar-refractivity contribution in [2.75, 3.05) is 19.6 Å². The fourth-order valence-electron chi connectivity index (χ4n) is 2.71. The zero-order chi connectivity index (χ0) is 15.3. The molecule has 1 atom stereocenters. The summed E-state index contributed by atoms with van der Waals surface area (Å²) in [6.45, 7) is 3.73. The molecule has 1 amide bonds. The monoisotopic (exact) mass is 290 g/mol. The van der Waals surface area contributed by atoms with E-state index in [0.717, 1.165) is 18.5 Å². The minimum Gasteiger partial charge on any atom is -0.481 e. The number of benzene rings is 1. The molecule has 1 fully saturated rings. The molecule has 2 rings (SSSR count). The van der Waals surface area contributed by atoms with Crippen molar-refractivity contribution in [3.8, 4) is 0 Å². The van der Waals surface area contributed by atoms with E-state index in [1.807, 2.05) is 35.2 Å². The summed E-state index contributed by atoms with van der Waals surface area (Å²) < 4.78 is 0. The van der Waals surface area contributed by atoms with Gasteiger partial charge in [-0.2, -0.15) is 0 Å². The summed E-state index contributed by atoms with van der Waals surface area (Å²) in [5.74, 6) is -0.842. The van der Waals surface area contributed by atoms with Crippen LogP contribution >= 0.6 is 0 Å². The van der Waals surface area contributed by atoms with E-state index in [1.165, 1.54) is 0 Å². The van der Waals surface area contributed by atoms with Gasteiger partial charge in [0.1, 0.15) is 0 Å². The predicted octanol–water partition coefficient (Wildman–Crippen LogP) is 1.49. The van der Waals surface area contributed by atoms with Gasteiger partial charge in [0.05, 0.1) is 12.0 Å². The molecule has 1 aliphatic rings. The van der Waals surface area contributed by atoms with Gasteiger partial charge in [-0.1, -0.05) is 30.3 Å². The van der Waals surface area contributed by atoms with Gasteiger partial charge in [-0.15, -0.1) is 0 Å². The fourth-order valence-corrected chi connectivity index (χ4v) is 2.71. The molecule has 2 N–H and O–H groups in total. The smallest absolute Gasteiger partial charge is 0.310 e. The summed E-state index contributed by atoms with van der Waals surface area (Å²) in [6.07, 6.45) is 1.49. The van der Waals surface area contributed by atoms with Gasteiger partial charge >= 0.3 is 5.97 Å². The number of piperidine rings is 1. The first-order chi connectivity index (χ1) is 9.99. The Hall–Kier alpha value is -1.88. The van der Waals surface area contributed by atoms with Crippen LogP contribution in [0.15, 0.2) is 30.3 Å². The fraction of sp³-hybridized carbons (Fsp3) is 0.500. The van der Waals surface area contributed by atoms with Crippen LogP contribution in [0.4, 0.5) is 0 Å². The third-order valence-electron chi connectivity index (χ3n) is 3.99. The van der Waals surface area contributed by atoms with E-state index >= 15 is 0 Å². The molecule has 21 heavy (non-hydrogen) atoms. The molecule has 0 bridgehead atoms. The van der Waals surface area contributed by atoms with E-state index in [4.69, 9.17) is 0 Å². The van der Waals surface area contributed by atoms with Crippen molar-refractivity contribution in [3.05, 3.63) is 35.9 Å². The van der Waals surface area contributed by atoms with Crippen LogP contribution in [0.3, 0.4) is 0 Å². The Kier molecular flexibility index (Phi) is 4.96. The van der Waals surface area contributed by atoms with E-state index < -0.39 is 11.4 Å². The molecule has 5 nitrogen and oxygen atoms in total. The second-order valence-corrected chi connectivity index (χ2v) is 5.94. The van der Waals surface area contributed by atoms with Crippen molar-refractivity contribution in [2.24, 2.45) is 5.41 Å². The van der Waals surface area contributed by atoms with Crippen LogP contribution in [-0.4, -0.2) is 41.5 Å². The second-order valence-electron chi connectivity index (χ2n) is 5.94. The third-order valence-corrected chi connectivity index (χ3v) is 3.99. The summed E-state index contributed by atoms with van der Waals surface area (Å²) in [4.78, 5) is 25.2. The standard InChI is InChI=1S/C16H22N2O3/c1-16(15(20)21)8-5-9-18(12-16)11-14(19)17-10-13-6-3-2-4-7-13/h2-4,6-7H,5,8-12H2,1H3,(H,17,19)(H,20,21). The number of carboxylic acid groups (broad SMARTS) is 1. The lowest BCUT2D eigenvalue weighted by Crippen LogP contribution is -2.49. The summed E-state index contributed by atoms with van der Waals surface area (Å²) >= 11 is 0. The molecular weight excluding hydrogens is 268 g/mol. The van der Waals surface area contributed by atoms with E-state index in [0.29, 0.717) is 19.5 Å². The van der Waals surface area contributed by atoms with Crippen LogP contribution in [0.2, 0.25) is 0 Å². The van der Waals surface area contributed by atoms with Crippen molar-refractivity contribution in [3.63, 3.8) is 0 Å². The van der Waals surface area contributed by atoms with Crippen molar-refractivity contribution in [2.45, 2.75) is 26.3 Å². The molecule has 5 heteroatoms. The molecular formula is C16H22N2O3. The topological polar surface area (TPSA) is 69.6 Å². The maximum Gasteiger partial charge on any atom is 0.310 e. The van der Waals surface area contributed by atoms with Gasteiger partial charge in [-0.3, -0.25) is 14.5 Å². The van der Waals surface area contributed by atoms with Crippen LogP contribution in [0.5, 0.6) is 0 Å². The van der Waals surface area contributed by atoms with Crippen LogP contribution in [0.25, 0.3) is 0 Å². The lowest BCUT2D eigenvalue weighted by atomic mass is 9.82. The number of likely N-dealkylation sites (tertiary alicyclic amines) is 1. The molecule has 0 aliphatic carbocycles. The Morgan fingerprint density at radius 3 is 2.71 bits per heavy atom. The molecule has 0 aromatic heterocycles. The van der Waals surface area contributed by atoms with Gasteiger partial charge in [-0.05, 0) is 31.9 Å². The zero-order valence-electron chi connectivity index (χ0n) is 12.3. The predicted molar refractivity (Wildman–Crippen MR) is 79.7 cm³/mol. The number of nitrogens with zero attached hydrogens (tertiary/aromatic N) is 1. The van der Waals surface area contributed by atoms with Crippen molar-refractivity contribution < 1.29 is 14.7 Å². The van der Waals surface area contributed by atoms with Gasteiger partial charge < -0.3 is 10.4 Å². The highest BCUT2D eigenvalue weighted by Crippen LogP contribution is 2.29. The van der Waals surface area contributed by atoms with Crippen LogP contribution in [0, 0.1) is 5.41 Å². The van der Waals surface area contributed by atoms with Gasteiger partial charge in [0.25, 0.3) is 0 Å². The highest BCUT2D eigenvalue weighted by atomic mass is 16.4. The first-order valence-corrected chi connectivity index (χ1v) is 7.26. The Morgan fingerprint density at radius 1 is 1.33 bits per heavy atom. The average Bonchev–Trinajstić information content (AvgIpc) is 2.46. The highest BCUT2D eigenvalue weighted by Gasteiger charge is 2.38. The number of carboxylic acids is 1. The summed E-state index contributed by atoms with van der Waals surface area (Å²) in [6, 6.07) is 9.73. The molecule has 1 saturated heterocycles. The number of hydrogen-bond donors (Lipinski definition) is 2. The molecule has 1 aromatic rings. The molecule has 114 valence electrons. The third kappa shape index (κ3) is 4.29. The largest absolute Gasteiger partial charge is 0.481 e. The van der Waals surface area contributed by atoms with Crippen LogP contribution in [0.1, 0.15) is 25.3 Å². The molecule has 0 saturated carbocycles. The number of amides is 1. The maximum absolute atomic E-state index is 12.0. The maximum atomic E-state index is 12.0. The molecule has 0 spiro atoms. The lowest BCUT2D eigenvalue weighted by molar-refractivity contribution is -0.151. The second kappa shape index (κ2) is 6.72. The summed E-state index contributed by atoms with van der Waals surface area (Å²) in [5.41, 5.74) is 0.317. The lowest BCUT2D eigenvalue weighted by Gasteiger charge is -2.37. The van der Waals surface area contributed by atoms with Crippen molar-refractivity contribution >= 4 is 11.9 Å². The van der Waals surface area contributed by atoms with Crippen molar-refractivity contribution in [1.29, 1.82) is 0 Å². The highest BCUT2D eigenvalue weighted by molar-refractivity contribution is 5.78. The van der Waals surface area contributed by atoms with E-state index in [1.54, 1.807) is 6.92 Å². The van der Waals surface area contributed by atoms with E-state index in [9.17, 15) is 14.7 Å². The molecule has 1 aromatic carbocycles. The number of carbonyl (C=O) groups excluding carboxylic acids is 1. The molecule has 1 heterocycles. The number of nitrogens with one attached hydrogen (secondary N) is 1.